The predicted octanol–water partition coefficient (Wildman–Crippen LogP) is 7.35. The molecule has 3 nitrogen and oxygen atoms in total. The normalized spacial score (nSPS) is 21.6. The summed E-state index contributed by atoms with van der Waals surface area (Å²) < 4.78 is 0. The number of hydrogen-bond acceptors (Lipinski definition) is 2. The van der Waals surface area contributed by atoms with Crippen molar-refractivity contribution in [3.8, 4) is 0 Å². The topological polar surface area (TPSA) is 41.1 Å². The van der Waals surface area contributed by atoms with Crippen LogP contribution < -0.4 is 10.6 Å². The molecule has 34 heavy (non-hydrogen) atoms. The van der Waals surface area contributed by atoms with Gasteiger partial charge in [-0.15, -0.1) is 0 Å². The number of rotatable bonds is 4. The van der Waals surface area contributed by atoms with E-state index in [0.29, 0.717) is 11.8 Å². The molecule has 0 spiro atoms. The van der Waals surface area contributed by atoms with Gasteiger partial charge in [0.25, 0.3) is 5.91 Å². The molecule has 1 heterocycles. The van der Waals surface area contributed by atoms with Gasteiger partial charge in [0, 0.05) is 23.2 Å². The van der Waals surface area contributed by atoms with Crippen LogP contribution in [0, 0.1) is 5.92 Å². The zero-order valence-electron chi connectivity index (χ0n) is 19.7. The molecule has 1 aliphatic heterocycles. The predicted molar refractivity (Wildman–Crippen MR) is 141 cm³/mol. The fraction of sp³-hybridized carbons (Fsp3) is 0.258. The Hall–Kier alpha value is -3.59. The number of hydrogen-bond donors (Lipinski definition) is 2. The monoisotopic (exact) mass is 446 g/mol. The average molecular weight is 447 g/mol. The van der Waals surface area contributed by atoms with E-state index in [0.717, 1.165) is 24.1 Å². The van der Waals surface area contributed by atoms with Crippen LogP contribution in [0.15, 0.2) is 84.9 Å². The Balaban J connectivity index is 1.47. The fourth-order valence-electron chi connectivity index (χ4n) is 5.81. The highest BCUT2D eigenvalue weighted by atomic mass is 16.1. The number of allylic oxidation sites excluding steroid dienone is 2. The molecule has 1 aliphatic carbocycles. The van der Waals surface area contributed by atoms with E-state index < -0.39 is 0 Å². The summed E-state index contributed by atoms with van der Waals surface area (Å²) in [5.41, 5.74) is 4.50. The maximum Gasteiger partial charge on any atom is 0.251 e. The fourth-order valence-corrected chi connectivity index (χ4v) is 5.81. The maximum atomic E-state index is 12.8. The van der Waals surface area contributed by atoms with Crippen molar-refractivity contribution in [2.75, 3.05) is 5.32 Å². The highest BCUT2D eigenvalue weighted by Gasteiger charge is 2.39. The Bertz CT molecular complexity index is 1380. The van der Waals surface area contributed by atoms with Crippen molar-refractivity contribution in [3.63, 3.8) is 0 Å². The molecule has 1 amide bonds. The molecule has 0 aromatic heterocycles. The van der Waals surface area contributed by atoms with Gasteiger partial charge in [0.1, 0.15) is 0 Å². The second-order valence-electron chi connectivity index (χ2n) is 9.79. The van der Waals surface area contributed by atoms with Gasteiger partial charge in [-0.2, -0.15) is 0 Å². The molecule has 4 unspecified atom stereocenters. The Morgan fingerprint density at radius 2 is 1.71 bits per heavy atom. The zero-order valence-corrected chi connectivity index (χ0v) is 19.7. The van der Waals surface area contributed by atoms with Crippen molar-refractivity contribution in [2.45, 2.75) is 44.7 Å². The maximum absolute atomic E-state index is 12.8. The van der Waals surface area contributed by atoms with Crippen molar-refractivity contribution >= 4 is 33.1 Å². The van der Waals surface area contributed by atoms with Crippen LogP contribution in [0.5, 0.6) is 0 Å². The van der Waals surface area contributed by atoms with E-state index in [1.165, 1.54) is 32.7 Å². The highest BCUT2D eigenvalue weighted by molar-refractivity contribution is 6.03. The first-order valence-corrected chi connectivity index (χ1v) is 12.4. The molecule has 0 saturated carbocycles. The second kappa shape index (κ2) is 8.32. The van der Waals surface area contributed by atoms with Crippen LogP contribution >= 0.6 is 0 Å². The van der Waals surface area contributed by atoms with Crippen LogP contribution in [0.4, 0.5) is 5.69 Å². The zero-order chi connectivity index (χ0) is 23.2. The van der Waals surface area contributed by atoms with E-state index in [9.17, 15) is 4.79 Å². The summed E-state index contributed by atoms with van der Waals surface area (Å²) in [6.45, 7) is 4.14. The van der Waals surface area contributed by atoms with Gasteiger partial charge < -0.3 is 10.6 Å². The van der Waals surface area contributed by atoms with Gasteiger partial charge in [0.05, 0.1) is 6.04 Å². The van der Waals surface area contributed by atoms with Gasteiger partial charge in [-0.3, -0.25) is 4.79 Å². The Morgan fingerprint density at radius 3 is 2.41 bits per heavy atom. The van der Waals surface area contributed by atoms with Crippen LogP contribution in [-0.4, -0.2) is 11.9 Å². The summed E-state index contributed by atoms with van der Waals surface area (Å²) >= 11 is 0. The van der Waals surface area contributed by atoms with Gasteiger partial charge >= 0.3 is 0 Å². The summed E-state index contributed by atoms with van der Waals surface area (Å²) in [6.07, 6.45) is 6.62. The number of fused-ring (bicyclic) bond motifs is 5. The van der Waals surface area contributed by atoms with Crippen LogP contribution in [0.1, 0.15) is 60.1 Å². The third-order valence-corrected chi connectivity index (χ3v) is 7.74. The summed E-state index contributed by atoms with van der Waals surface area (Å²) in [5.74, 6) is 0.725. The molecule has 0 radical (unpaired) electrons. The largest absolute Gasteiger partial charge is 0.378 e. The van der Waals surface area contributed by atoms with Crippen molar-refractivity contribution in [2.24, 2.45) is 5.92 Å². The third-order valence-electron chi connectivity index (χ3n) is 7.74. The molecule has 0 saturated heterocycles. The van der Waals surface area contributed by atoms with E-state index in [4.69, 9.17) is 0 Å². The van der Waals surface area contributed by atoms with Gasteiger partial charge in [-0.1, -0.05) is 67.6 Å². The van der Waals surface area contributed by atoms with Crippen molar-refractivity contribution in [1.82, 2.24) is 5.32 Å². The summed E-state index contributed by atoms with van der Waals surface area (Å²) in [7, 11) is 0. The molecule has 170 valence electrons. The highest BCUT2D eigenvalue weighted by Crippen LogP contribution is 2.52. The molecular formula is C31H30N2O. The minimum atomic E-state index is 0.0119. The number of nitrogens with one attached hydrogen (secondary N) is 2. The van der Waals surface area contributed by atoms with Crippen molar-refractivity contribution in [1.29, 1.82) is 0 Å². The lowest BCUT2D eigenvalue weighted by Gasteiger charge is -2.38. The number of carbonyl (C=O) groups is 1. The third kappa shape index (κ3) is 3.38. The average Bonchev–Trinajstić information content (AvgIpc) is 3.37. The van der Waals surface area contributed by atoms with Gasteiger partial charge in [0.15, 0.2) is 0 Å². The first-order chi connectivity index (χ1) is 16.6. The first-order valence-electron chi connectivity index (χ1n) is 12.4. The van der Waals surface area contributed by atoms with E-state index >= 15 is 0 Å². The Morgan fingerprint density at radius 1 is 1.00 bits per heavy atom. The van der Waals surface area contributed by atoms with Crippen molar-refractivity contribution < 1.29 is 4.79 Å². The van der Waals surface area contributed by atoms with E-state index in [-0.39, 0.29) is 18.0 Å². The SMILES string of the molecule is CCC(C)NC(=O)c1ccc2c(c1)C1C=CCC1C(c1c3ccccc3cc3ccccc13)N2. The second-order valence-corrected chi connectivity index (χ2v) is 9.79. The molecule has 4 atom stereocenters. The molecule has 2 N–H and O–H groups in total. The minimum Gasteiger partial charge on any atom is -0.378 e. The number of anilines is 1. The molecular weight excluding hydrogens is 416 g/mol. The molecule has 0 bridgehead atoms. The number of benzene rings is 4. The molecule has 3 heteroatoms. The van der Waals surface area contributed by atoms with Crippen LogP contribution in [0.2, 0.25) is 0 Å². The van der Waals surface area contributed by atoms with Crippen LogP contribution in [-0.2, 0) is 0 Å². The summed E-state index contributed by atoms with van der Waals surface area (Å²) in [5, 5.41) is 12.2. The van der Waals surface area contributed by atoms with E-state index in [1.807, 2.05) is 13.0 Å². The molecule has 4 aromatic carbocycles. The lowest BCUT2D eigenvalue weighted by molar-refractivity contribution is 0.0939. The van der Waals surface area contributed by atoms with Crippen LogP contribution in [0.3, 0.4) is 0 Å². The molecule has 0 fully saturated rings. The van der Waals surface area contributed by atoms with Gasteiger partial charge in [-0.05, 0) is 82.6 Å². The van der Waals surface area contributed by atoms with Gasteiger partial charge in [0.2, 0.25) is 0 Å². The van der Waals surface area contributed by atoms with Crippen LogP contribution in [0.25, 0.3) is 21.5 Å². The molecule has 6 rings (SSSR count). The Labute approximate surface area is 200 Å². The minimum absolute atomic E-state index is 0.0119. The summed E-state index contributed by atoms with van der Waals surface area (Å²) in [6, 6.07) is 26.3. The standard InChI is InChI=1S/C31H30N2O/c1-3-19(2)32-31(34)22-15-16-28-27(18-22)25-13-8-14-26(25)30(33-28)29-23-11-6-4-9-20(23)17-21-10-5-7-12-24(21)29/h4-13,15-19,25-26,30,33H,3,14H2,1-2H3,(H,32,34). The van der Waals surface area contributed by atoms with Gasteiger partial charge in [-0.25, -0.2) is 0 Å². The first kappa shape index (κ1) is 21.0. The molecule has 4 aromatic rings. The smallest absolute Gasteiger partial charge is 0.251 e. The summed E-state index contributed by atoms with van der Waals surface area (Å²) in [4.78, 5) is 12.8. The van der Waals surface area contributed by atoms with E-state index in [2.05, 4.69) is 96.4 Å². The number of amides is 1. The van der Waals surface area contributed by atoms with E-state index in [1.54, 1.807) is 0 Å². The Kier molecular flexibility index (Phi) is 5.13. The lowest BCUT2D eigenvalue weighted by atomic mass is 9.75. The molecule has 2 aliphatic rings. The lowest BCUT2D eigenvalue weighted by Crippen LogP contribution is -2.33. The number of carbonyl (C=O) groups excluding carboxylic acids is 1. The van der Waals surface area contributed by atoms with Crippen molar-refractivity contribution in [3.05, 3.63) is 102 Å². The quantitative estimate of drug-likeness (QED) is 0.254.